The molecule has 0 saturated carbocycles. The van der Waals surface area contributed by atoms with Gasteiger partial charge in [0.15, 0.2) is 0 Å². The van der Waals surface area contributed by atoms with Crippen molar-refractivity contribution < 1.29 is 0 Å². The average molecular weight is 398 g/mol. The Kier molecular flexibility index (Phi) is 10.5. The molecule has 2 heterocycles. The first-order valence-electron chi connectivity index (χ1n) is 9.92. The van der Waals surface area contributed by atoms with Gasteiger partial charge in [-0.05, 0) is 49.9 Å². The van der Waals surface area contributed by atoms with Crippen molar-refractivity contribution in [2.45, 2.75) is 55.4 Å². The Morgan fingerprint density at radius 2 is 1.21 bits per heavy atom. The number of fused-ring (bicyclic) bond motifs is 2. The van der Waals surface area contributed by atoms with E-state index in [1.54, 1.807) is 11.3 Å². The number of aromatic nitrogens is 3. The quantitative estimate of drug-likeness (QED) is 0.329. The highest BCUT2D eigenvalue weighted by Crippen LogP contribution is 2.19. The standard InChI is InChI=1S/C8H8N2.C8H7NS.2C4H10/c2*1-6-9-7-4-2-3-5-8(7)10-6;2*1-4(2)3/h2-5H,1H3,(H,9,10);2-5H,1H3;2*4H,1-3H3. The summed E-state index contributed by atoms with van der Waals surface area (Å²) >= 11 is 1.74. The number of nitrogens with one attached hydrogen (secondary N) is 1. The fourth-order valence-corrected chi connectivity index (χ4v) is 2.89. The summed E-state index contributed by atoms with van der Waals surface area (Å²) < 4.78 is 1.28. The fourth-order valence-electron chi connectivity index (χ4n) is 2.07. The lowest BCUT2D eigenvalue weighted by Crippen LogP contribution is -1.68. The summed E-state index contributed by atoms with van der Waals surface area (Å²) in [5, 5.41) is 1.14. The first-order chi connectivity index (χ1) is 13.2. The minimum atomic E-state index is 0.833. The van der Waals surface area contributed by atoms with Gasteiger partial charge in [-0.1, -0.05) is 65.8 Å². The maximum Gasteiger partial charge on any atom is 0.104 e. The zero-order valence-corrected chi connectivity index (χ0v) is 19.4. The summed E-state index contributed by atoms with van der Waals surface area (Å²) in [6.45, 7) is 17.0. The van der Waals surface area contributed by atoms with E-state index in [2.05, 4.69) is 62.6 Å². The third-order valence-corrected chi connectivity index (χ3v) is 3.86. The predicted octanol–water partition coefficient (Wildman–Crippen LogP) is 7.80. The number of benzene rings is 2. The Bertz CT molecular complexity index is 785. The van der Waals surface area contributed by atoms with Gasteiger partial charge in [0, 0.05) is 0 Å². The van der Waals surface area contributed by atoms with Crippen LogP contribution < -0.4 is 0 Å². The first kappa shape index (κ1) is 23.8. The zero-order chi connectivity index (χ0) is 21.1. The van der Waals surface area contributed by atoms with Crippen molar-refractivity contribution in [2.24, 2.45) is 11.8 Å². The molecule has 0 unspecified atom stereocenters. The maximum atomic E-state index is 4.33. The van der Waals surface area contributed by atoms with Crippen LogP contribution >= 0.6 is 11.3 Å². The van der Waals surface area contributed by atoms with E-state index in [1.807, 2.05) is 56.3 Å². The first-order valence-corrected chi connectivity index (χ1v) is 10.7. The molecular weight excluding hydrogens is 362 g/mol. The van der Waals surface area contributed by atoms with Gasteiger partial charge in [0.2, 0.25) is 0 Å². The van der Waals surface area contributed by atoms with Crippen LogP contribution in [0, 0.1) is 25.7 Å². The Morgan fingerprint density at radius 1 is 0.714 bits per heavy atom. The zero-order valence-electron chi connectivity index (χ0n) is 18.6. The number of nitrogens with zero attached hydrogens (tertiary/aromatic N) is 2. The number of H-pyrrole nitrogens is 1. The summed E-state index contributed by atoms with van der Waals surface area (Å²) in [6, 6.07) is 16.2. The van der Waals surface area contributed by atoms with Crippen LogP contribution in [0.4, 0.5) is 0 Å². The van der Waals surface area contributed by atoms with Gasteiger partial charge in [-0.3, -0.25) is 0 Å². The van der Waals surface area contributed by atoms with Gasteiger partial charge in [0.1, 0.15) is 5.82 Å². The van der Waals surface area contributed by atoms with E-state index in [0.29, 0.717) is 0 Å². The van der Waals surface area contributed by atoms with Crippen molar-refractivity contribution in [3.8, 4) is 0 Å². The molecule has 4 heteroatoms. The average Bonchev–Trinajstić information content (AvgIpc) is 3.14. The van der Waals surface area contributed by atoms with Crippen LogP contribution in [0.2, 0.25) is 0 Å². The van der Waals surface area contributed by atoms with Crippen LogP contribution in [-0.2, 0) is 0 Å². The van der Waals surface area contributed by atoms with Crippen LogP contribution in [0.25, 0.3) is 21.3 Å². The number of hydrogen-bond donors (Lipinski definition) is 1. The van der Waals surface area contributed by atoms with Crippen LogP contribution in [0.1, 0.15) is 52.4 Å². The molecule has 0 radical (unpaired) electrons. The Labute approximate surface area is 174 Å². The van der Waals surface area contributed by atoms with Crippen molar-refractivity contribution in [3.05, 3.63) is 59.4 Å². The topological polar surface area (TPSA) is 41.6 Å². The molecule has 0 fully saturated rings. The SMILES string of the molecule is CC(C)C.CC(C)C.Cc1nc2ccccc2[nH]1.Cc1nc2ccccc2s1. The number of rotatable bonds is 0. The molecule has 0 saturated heterocycles. The minimum Gasteiger partial charge on any atom is -0.342 e. The molecule has 0 aliphatic carbocycles. The number of hydrogen-bond acceptors (Lipinski definition) is 3. The summed E-state index contributed by atoms with van der Waals surface area (Å²) in [6.07, 6.45) is 0. The van der Waals surface area contributed by atoms with E-state index < -0.39 is 0 Å². The minimum absolute atomic E-state index is 0.833. The van der Waals surface area contributed by atoms with Gasteiger partial charge in [0.25, 0.3) is 0 Å². The maximum absolute atomic E-state index is 4.33. The van der Waals surface area contributed by atoms with Gasteiger partial charge in [-0.15, -0.1) is 11.3 Å². The van der Waals surface area contributed by atoms with E-state index in [-0.39, 0.29) is 0 Å². The number of aryl methyl sites for hydroxylation is 2. The summed E-state index contributed by atoms with van der Waals surface area (Å²) in [4.78, 5) is 11.7. The molecular formula is C24H35N3S. The summed E-state index contributed by atoms with van der Waals surface area (Å²) in [5.74, 6) is 2.64. The number of aromatic amines is 1. The molecule has 0 amide bonds. The van der Waals surface area contributed by atoms with E-state index in [0.717, 1.165) is 39.2 Å². The molecule has 4 rings (SSSR count). The third-order valence-electron chi connectivity index (χ3n) is 2.91. The van der Waals surface area contributed by atoms with Gasteiger partial charge in [-0.25, -0.2) is 9.97 Å². The smallest absolute Gasteiger partial charge is 0.104 e. The van der Waals surface area contributed by atoms with Crippen LogP contribution in [0.5, 0.6) is 0 Å². The highest BCUT2D eigenvalue weighted by Gasteiger charge is 1.95. The normalized spacial score (nSPS) is 10.1. The fraction of sp³-hybridized carbons (Fsp3) is 0.417. The molecule has 0 aliphatic heterocycles. The highest BCUT2D eigenvalue weighted by molar-refractivity contribution is 7.18. The van der Waals surface area contributed by atoms with Crippen molar-refractivity contribution in [2.75, 3.05) is 0 Å². The molecule has 0 aliphatic rings. The molecule has 3 nitrogen and oxygen atoms in total. The molecule has 0 bridgehead atoms. The van der Waals surface area contributed by atoms with Crippen LogP contribution in [-0.4, -0.2) is 15.0 Å². The molecule has 0 spiro atoms. The van der Waals surface area contributed by atoms with Crippen molar-refractivity contribution in [1.82, 2.24) is 15.0 Å². The molecule has 28 heavy (non-hydrogen) atoms. The third kappa shape index (κ3) is 9.65. The molecule has 2 aromatic carbocycles. The Morgan fingerprint density at radius 3 is 1.75 bits per heavy atom. The molecule has 1 N–H and O–H groups in total. The van der Waals surface area contributed by atoms with Crippen LogP contribution in [0.15, 0.2) is 48.5 Å². The molecule has 2 aromatic heterocycles. The second-order valence-corrected chi connectivity index (χ2v) is 9.24. The van der Waals surface area contributed by atoms with E-state index in [4.69, 9.17) is 0 Å². The number of imidazole rings is 1. The predicted molar refractivity (Wildman–Crippen MR) is 126 cm³/mol. The lowest BCUT2D eigenvalue weighted by Gasteiger charge is -1.81. The number of thiazole rings is 1. The summed E-state index contributed by atoms with van der Waals surface area (Å²) in [7, 11) is 0. The van der Waals surface area contributed by atoms with Crippen molar-refractivity contribution in [3.63, 3.8) is 0 Å². The van der Waals surface area contributed by atoms with E-state index in [1.165, 1.54) is 4.70 Å². The van der Waals surface area contributed by atoms with Crippen molar-refractivity contribution >= 4 is 32.6 Å². The lowest BCUT2D eigenvalue weighted by molar-refractivity contribution is 0.736. The lowest BCUT2D eigenvalue weighted by atomic mass is 10.3. The van der Waals surface area contributed by atoms with E-state index in [9.17, 15) is 0 Å². The van der Waals surface area contributed by atoms with Crippen LogP contribution in [0.3, 0.4) is 0 Å². The number of para-hydroxylation sites is 3. The van der Waals surface area contributed by atoms with Gasteiger partial charge in [-0.2, -0.15) is 0 Å². The highest BCUT2D eigenvalue weighted by atomic mass is 32.1. The largest absolute Gasteiger partial charge is 0.342 e. The second-order valence-electron chi connectivity index (χ2n) is 8.00. The van der Waals surface area contributed by atoms with Crippen molar-refractivity contribution in [1.29, 1.82) is 0 Å². The molecule has 4 aromatic rings. The molecule has 152 valence electrons. The van der Waals surface area contributed by atoms with Gasteiger partial charge in [0.05, 0.1) is 26.3 Å². The monoisotopic (exact) mass is 397 g/mol. The van der Waals surface area contributed by atoms with Gasteiger partial charge >= 0.3 is 0 Å². The van der Waals surface area contributed by atoms with E-state index >= 15 is 0 Å². The molecule has 0 atom stereocenters. The Hall–Kier alpha value is -2.20. The second kappa shape index (κ2) is 12.3. The van der Waals surface area contributed by atoms with Gasteiger partial charge < -0.3 is 4.98 Å². The summed E-state index contributed by atoms with van der Waals surface area (Å²) in [5.41, 5.74) is 3.27. The Balaban J connectivity index is 0.000000206.